The van der Waals surface area contributed by atoms with E-state index in [0.717, 1.165) is 11.1 Å². The first-order chi connectivity index (χ1) is 12.5. The number of rotatable bonds is 5. The van der Waals surface area contributed by atoms with Crippen LogP contribution < -0.4 is 0 Å². The van der Waals surface area contributed by atoms with Crippen LogP contribution in [0.15, 0.2) is 48.5 Å². The lowest BCUT2D eigenvalue weighted by Crippen LogP contribution is -2.16. The van der Waals surface area contributed by atoms with E-state index in [4.69, 9.17) is 9.84 Å². The Morgan fingerprint density at radius 1 is 0.923 bits per heavy atom. The SMILES string of the molecule is Cc1ccc(CO)cc1.Cc1ccc(COCC2C[C@H](O)C(O)S2)cc1. The van der Waals surface area contributed by atoms with E-state index < -0.39 is 11.5 Å². The van der Waals surface area contributed by atoms with E-state index in [1.807, 2.05) is 31.2 Å². The molecule has 3 N–H and O–H groups in total. The summed E-state index contributed by atoms with van der Waals surface area (Å²) in [5, 5.41) is 27.6. The monoisotopic (exact) mass is 376 g/mol. The summed E-state index contributed by atoms with van der Waals surface area (Å²) in [6.45, 7) is 5.39. The maximum atomic E-state index is 9.39. The van der Waals surface area contributed by atoms with Crippen molar-refractivity contribution in [3.8, 4) is 0 Å². The van der Waals surface area contributed by atoms with E-state index in [9.17, 15) is 10.2 Å². The van der Waals surface area contributed by atoms with Crippen LogP contribution in [0.1, 0.15) is 28.7 Å². The molecule has 26 heavy (non-hydrogen) atoms. The number of aryl methyl sites for hydroxylation is 2. The molecule has 0 aromatic heterocycles. The van der Waals surface area contributed by atoms with Crippen LogP contribution in [0.3, 0.4) is 0 Å². The molecule has 0 amide bonds. The van der Waals surface area contributed by atoms with Crippen LogP contribution >= 0.6 is 11.8 Å². The van der Waals surface area contributed by atoms with E-state index >= 15 is 0 Å². The topological polar surface area (TPSA) is 69.9 Å². The summed E-state index contributed by atoms with van der Waals surface area (Å²) >= 11 is 1.39. The molecular weight excluding hydrogens is 348 g/mol. The Hall–Kier alpha value is -1.37. The number of ether oxygens (including phenoxy) is 1. The Kier molecular flexibility index (Phi) is 8.62. The first kappa shape index (κ1) is 20.9. The molecule has 3 atom stereocenters. The lowest BCUT2D eigenvalue weighted by molar-refractivity contribution is 0.0685. The van der Waals surface area contributed by atoms with E-state index in [0.29, 0.717) is 19.6 Å². The highest BCUT2D eigenvalue weighted by atomic mass is 32.2. The minimum atomic E-state index is -0.650. The van der Waals surface area contributed by atoms with Gasteiger partial charge in [-0.3, -0.25) is 0 Å². The molecular formula is C21H28O4S. The first-order valence-electron chi connectivity index (χ1n) is 8.79. The van der Waals surface area contributed by atoms with Crippen LogP contribution in [0, 0.1) is 13.8 Å². The van der Waals surface area contributed by atoms with Gasteiger partial charge in [0.25, 0.3) is 0 Å². The Morgan fingerprint density at radius 3 is 1.92 bits per heavy atom. The minimum absolute atomic E-state index is 0.139. The number of hydrogen-bond donors (Lipinski definition) is 3. The zero-order valence-electron chi connectivity index (χ0n) is 15.3. The highest BCUT2D eigenvalue weighted by Crippen LogP contribution is 2.32. The second kappa shape index (κ2) is 10.7. The Labute approximate surface area is 159 Å². The summed E-state index contributed by atoms with van der Waals surface area (Å²) in [6.07, 6.45) is 0.00712. The number of benzene rings is 2. The van der Waals surface area contributed by atoms with Crippen molar-refractivity contribution in [3.63, 3.8) is 0 Å². The van der Waals surface area contributed by atoms with E-state index in [2.05, 4.69) is 31.2 Å². The van der Waals surface area contributed by atoms with E-state index in [1.54, 1.807) is 0 Å². The van der Waals surface area contributed by atoms with Gasteiger partial charge in [-0.15, -0.1) is 11.8 Å². The molecule has 0 aliphatic carbocycles. The molecule has 2 aromatic rings. The molecule has 1 heterocycles. The normalized spacial score (nSPS) is 22.0. The van der Waals surface area contributed by atoms with Crippen LogP contribution in [0.2, 0.25) is 0 Å². The van der Waals surface area contributed by atoms with Gasteiger partial charge in [-0.2, -0.15) is 0 Å². The van der Waals surface area contributed by atoms with Gasteiger partial charge in [0.2, 0.25) is 0 Å². The fourth-order valence-electron chi connectivity index (χ4n) is 2.52. The van der Waals surface area contributed by atoms with Crippen molar-refractivity contribution >= 4 is 11.8 Å². The van der Waals surface area contributed by atoms with E-state index in [-0.39, 0.29) is 11.9 Å². The summed E-state index contributed by atoms with van der Waals surface area (Å²) in [6, 6.07) is 16.1. The van der Waals surface area contributed by atoms with Crippen molar-refractivity contribution in [1.82, 2.24) is 0 Å². The van der Waals surface area contributed by atoms with Crippen LogP contribution in [-0.2, 0) is 18.0 Å². The summed E-state index contributed by atoms with van der Waals surface area (Å²) in [5.41, 5.74) is 3.95. The van der Waals surface area contributed by atoms with Gasteiger partial charge in [0, 0.05) is 5.25 Å². The van der Waals surface area contributed by atoms with Crippen LogP contribution in [0.5, 0.6) is 0 Å². The number of hydrogen-bond acceptors (Lipinski definition) is 5. The van der Waals surface area contributed by atoms with Gasteiger partial charge < -0.3 is 20.1 Å². The standard InChI is InChI=1S/C13H18O3S.C8H10O/c1-9-2-4-10(5-3-9)7-16-8-11-6-12(14)13(15)17-11;1-7-2-4-8(6-9)5-3-7/h2-5,11-15H,6-8H2,1H3;2-5,9H,6H2,1H3/t11?,12-,13?;/m0./s1. The predicted molar refractivity (Wildman–Crippen MR) is 106 cm³/mol. The molecule has 4 nitrogen and oxygen atoms in total. The maximum Gasteiger partial charge on any atom is 0.126 e. The third kappa shape index (κ3) is 7.09. The molecule has 0 spiro atoms. The van der Waals surface area contributed by atoms with Gasteiger partial charge in [0.05, 0.1) is 25.9 Å². The minimum Gasteiger partial charge on any atom is -0.392 e. The van der Waals surface area contributed by atoms with Crippen LogP contribution in [0.25, 0.3) is 0 Å². The van der Waals surface area contributed by atoms with Crippen molar-refractivity contribution in [2.75, 3.05) is 6.61 Å². The smallest absolute Gasteiger partial charge is 0.126 e. The molecule has 0 radical (unpaired) electrons. The highest BCUT2D eigenvalue weighted by molar-refractivity contribution is 8.00. The van der Waals surface area contributed by atoms with Gasteiger partial charge in [0.15, 0.2) is 0 Å². The molecule has 0 saturated carbocycles. The zero-order valence-corrected chi connectivity index (χ0v) is 16.2. The molecule has 142 valence electrons. The lowest BCUT2D eigenvalue weighted by atomic mass is 10.2. The van der Waals surface area contributed by atoms with Crippen molar-refractivity contribution in [2.24, 2.45) is 0 Å². The van der Waals surface area contributed by atoms with Gasteiger partial charge in [0.1, 0.15) is 5.44 Å². The number of aliphatic hydroxyl groups excluding tert-OH is 3. The van der Waals surface area contributed by atoms with Crippen molar-refractivity contribution in [1.29, 1.82) is 0 Å². The third-order valence-corrected chi connectivity index (χ3v) is 5.47. The molecule has 2 aromatic carbocycles. The summed E-state index contributed by atoms with van der Waals surface area (Å²) in [5.74, 6) is 0. The van der Waals surface area contributed by atoms with Gasteiger partial charge in [-0.05, 0) is 31.4 Å². The third-order valence-electron chi connectivity index (χ3n) is 4.16. The Bertz CT molecular complexity index is 632. The molecule has 0 bridgehead atoms. The van der Waals surface area contributed by atoms with E-state index in [1.165, 1.54) is 22.9 Å². The van der Waals surface area contributed by atoms with Crippen LogP contribution in [-0.4, -0.2) is 38.7 Å². The van der Waals surface area contributed by atoms with Gasteiger partial charge in [-0.25, -0.2) is 0 Å². The molecule has 1 aliphatic rings. The second-order valence-corrected chi connectivity index (χ2v) is 8.02. The largest absolute Gasteiger partial charge is 0.392 e. The van der Waals surface area contributed by atoms with Crippen molar-refractivity contribution in [2.45, 2.75) is 50.3 Å². The van der Waals surface area contributed by atoms with Crippen molar-refractivity contribution in [3.05, 3.63) is 70.8 Å². The molecule has 1 fully saturated rings. The quantitative estimate of drug-likeness (QED) is 0.748. The first-order valence-corrected chi connectivity index (χ1v) is 9.73. The predicted octanol–water partition coefficient (Wildman–Crippen LogP) is 3.18. The second-order valence-electron chi connectivity index (χ2n) is 6.60. The maximum absolute atomic E-state index is 9.39. The summed E-state index contributed by atoms with van der Waals surface area (Å²) in [4.78, 5) is 0. The molecule has 3 rings (SSSR count). The Balaban J connectivity index is 0.000000228. The average molecular weight is 377 g/mol. The summed E-state index contributed by atoms with van der Waals surface area (Å²) in [7, 11) is 0. The average Bonchev–Trinajstić information content (AvgIpc) is 2.96. The zero-order chi connectivity index (χ0) is 18.9. The summed E-state index contributed by atoms with van der Waals surface area (Å²) < 4.78 is 5.60. The fraction of sp³-hybridized carbons (Fsp3) is 0.429. The van der Waals surface area contributed by atoms with Gasteiger partial charge >= 0.3 is 0 Å². The molecule has 1 aliphatic heterocycles. The molecule has 2 unspecified atom stereocenters. The Morgan fingerprint density at radius 2 is 1.46 bits per heavy atom. The van der Waals surface area contributed by atoms with Crippen molar-refractivity contribution < 1.29 is 20.1 Å². The number of thioether (sulfide) groups is 1. The molecule has 1 saturated heterocycles. The van der Waals surface area contributed by atoms with Gasteiger partial charge in [-0.1, -0.05) is 59.7 Å². The highest BCUT2D eigenvalue weighted by Gasteiger charge is 2.32. The number of aliphatic hydroxyl groups is 3. The molecule has 5 heteroatoms. The lowest BCUT2D eigenvalue weighted by Gasteiger charge is -2.09. The fourth-order valence-corrected chi connectivity index (χ4v) is 3.69. The van der Waals surface area contributed by atoms with Crippen LogP contribution in [0.4, 0.5) is 0 Å².